The second-order valence-corrected chi connectivity index (χ2v) is 2.30. The summed E-state index contributed by atoms with van der Waals surface area (Å²) in [6.07, 6.45) is 1.14. The Balaban J connectivity index is 2.59. The van der Waals surface area contributed by atoms with Crippen LogP contribution >= 0.6 is 0 Å². The Hall–Kier alpha value is -1.72. The van der Waals surface area contributed by atoms with Gasteiger partial charge in [-0.15, -0.1) is 0 Å². The molecule has 0 aromatic carbocycles. The highest BCUT2D eigenvalue weighted by Gasteiger charge is 2.21. The Labute approximate surface area is 67.9 Å². The molecule has 0 aromatic heterocycles. The highest BCUT2D eigenvalue weighted by Crippen LogP contribution is 1.96. The number of aliphatic carboxylic acids is 2. The molecule has 0 aliphatic carbocycles. The van der Waals surface area contributed by atoms with Gasteiger partial charge in [0.1, 0.15) is 11.7 Å². The molecule has 4 N–H and O–H groups in total. The summed E-state index contributed by atoms with van der Waals surface area (Å²) < 4.78 is 0. The molecule has 0 spiro atoms. The average Bonchev–Trinajstić information content (AvgIpc) is 2.04. The van der Waals surface area contributed by atoms with Crippen LogP contribution in [0.25, 0.3) is 0 Å². The van der Waals surface area contributed by atoms with E-state index in [1.54, 1.807) is 0 Å². The van der Waals surface area contributed by atoms with E-state index in [1.165, 1.54) is 0 Å². The zero-order valence-electron chi connectivity index (χ0n) is 6.07. The number of hydrogen-bond donors (Lipinski definition) is 4. The first-order valence-corrected chi connectivity index (χ1v) is 3.27. The summed E-state index contributed by atoms with van der Waals surface area (Å²) in [6.45, 7) is 0.0769. The van der Waals surface area contributed by atoms with Gasteiger partial charge in [0.25, 0.3) is 0 Å². The van der Waals surface area contributed by atoms with Gasteiger partial charge in [0.05, 0.1) is 0 Å². The highest BCUT2D eigenvalue weighted by molar-refractivity contribution is 5.86. The lowest BCUT2D eigenvalue weighted by Crippen LogP contribution is -2.47. The largest absolute Gasteiger partial charge is 0.480 e. The summed E-state index contributed by atoms with van der Waals surface area (Å²) in [5, 5.41) is 21.8. The van der Waals surface area contributed by atoms with Crippen molar-refractivity contribution in [1.82, 2.24) is 10.6 Å². The van der Waals surface area contributed by atoms with E-state index >= 15 is 0 Å². The summed E-state index contributed by atoms with van der Waals surface area (Å²) in [6, 6.07) is -0.756. The fourth-order valence-corrected chi connectivity index (χ4v) is 0.802. The molecule has 0 saturated carbocycles. The molecule has 0 fully saturated rings. The Bertz CT molecular complexity index is 248. The van der Waals surface area contributed by atoms with Crippen LogP contribution in [0.3, 0.4) is 0 Å². The summed E-state index contributed by atoms with van der Waals surface area (Å²) in [5.74, 6) is -2.12. The second-order valence-electron chi connectivity index (χ2n) is 2.30. The first-order chi connectivity index (χ1) is 5.61. The molecular weight excluding hydrogens is 164 g/mol. The third-order valence-electron chi connectivity index (χ3n) is 1.45. The molecule has 1 aliphatic rings. The van der Waals surface area contributed by atoms with E-state index in [-0.39, 0.29) is 12.2 Å². The van der Waals surface area contributed by atoms with E-state index < -0.39 is 18.0 Å². The lowest BCUT2D eigenvalue weighted by atomic mass is 10.2. The molecule has 0 saturated heterocycles. The number of carbonyl (C=O) groups is 2. The third kappa shape index (κ3) is 1.66. The molecule has 1 rings (SSSR count). The fourth-order valence-electron chi connectivity index (χ4n) is 0.802. The molecule has 6 nitrogen and oxygen atoms in total. The molecular formula is C6H8N2O4. The van der Waals surface area contributed by atoms with Crippen LogP contribution in [0.4, 0.5) is 0 Å². The minimum Gasteiger partial charge on any atom is -0.480 e. The Morgan fingerprint density at radius 2 is 2.17 bits per heavy atom. The Morgan fingerprint density at radius 3 is 2.50 bits per heavy atom. The van der Waals surface area contributed by atoms with Crippen molar-refractivity contribution in [2.45, 2.75) is 6.04 Å². The van der Waals surface area contributed by atoms with Crippen LogP contribution < -0.4 is 10.6 Å². The molecule has 0 bridgehead atoms. The minimum absolute atomic E-state index is 0.0208. The SMILES string of the molecule is O=C(O)C1=CNC(C(=O)O)CN1. The maximum atomic E-state index is 10.4. The van der Waals surface area contributed by atoms with Crippen molar-refractivity contribution in [2.75, 3.05) is 6.54 Å². The summed E-state index contributed by atoms with van der Waals surface area (Å²) in [7, 11) is 0. The number of hydrogen-bond acceptors (Lipinski definition) is 4. The second kappa shape index (κ2) is 3.12. The van der Waals surface area contributed by atoms with Crippen molar-refractivity contribution < 1.29 is 19.8 Å². The predicted octanol–water partition coefficient (Wildman–Crippen LogP) is -1.44. The third-order valence-corrected chi connectivity index (χ3v) is 1.45. The predicted molar refractivity (Wildman–Crippen MR) is 38.3 cm³/mol. The zero-order chi connectivity index (χ0) is 9.14. The van der Waals surface area contributed by atoms with Gasteiger partial charge in [-0.25, -0.2) is 9.59 Å². The Kier molecular flexibility index (Phi) is 2.18. The van der Waals surface area contributed by atoms with Gasteiger partial charge >= 0.3 is 11.9 Å². The van der Waals surface area contributed by atoms with Gasteiger partial charge in [0, 0.05) is 12.7 Å². The highest BCUT2D eigenvalue weighted by atomic mass is 16.4. The molecule has 0 amide bonds. The zero-order valence-corrected chi connectivity index (χ0v) is 6.07. The fraction of sp³-hybridized carbons (Fsp3) is 0.333. The molecule has 1 aliphatic heterocycles. The molecule has 1 atom stereocenters. The van der Waals surface area contributed by atoms with Gasteiger partial charge in [-0.1, -0.05) is 0 Å². The lowest BCUT2D eigenvalue weighted by Gasteiger charge is -2.20. The van der Waals surface area contributed by atoms with Crippen molar-refractivity contribution in [3.05, 3.63) is 11.9 Å². The normalized spacial score (nSPS) is 21.7. The monoisotopic (exact) mass is 172 g/mol. The number of carboxylic acid groups (broad SMARTS) is 2. The van der Waals surface area contributed by atoms with Crippen LogP contribution in [-0.4, -0.2) is 34.7 Å². The van der Waals surface area contributed by atoms with E-state index in [4.69, 9.17) is 10.2 Å². The standard InChI is InChI=1S/C6H8N2O4/c9-5(10)3-1-7-4(2-8-3)6(11)12/h1,4,7-8H,2H2,(H,9,10)(H,11,12). The maximum Gasteiger partial charge on any atom is 0.353 e. The van der Waals surface area contributed by atoms with Crippen LogP contribution in [0, 0.1) is 0 Å². The molecule has 0 aromatic rings. The molecule has 1 heterocycles. The first-order valence-electron chi connectivity index (χ1n) is 3.27. The molecule has 1 unspecified atom stereocenters. The van der Waals surface area contributed by atoms with Crippen molar-refractivity contribution in [2.24, 2.45) is 0 Å². The quantitative estimate of drug-likeness (QED) is 0.407. The molecule has 66 valence electrons. The molecule has 6 heteroatoms. The number of rotatable bonds is 2. The summed E-state index contributed by atoms with van der Waals surface area (Å²) in [4.78, 5) is 20.7. The molecule has 12 heavy (non-hydrogen) atoms. The lowest BCUT2D eigenvalue weighted by molar-refractivity contribution is -0.140. The number of carboxylic acids is 2. The Morgan fingerprint density at radius 1 is 1.50 bits per heavy atom. The van der Waals surface area contributed by atoms with Crippen LogP contribution in [0.2, 0.25) is 0 Å². The van der Waals surface area contributed by atoms with Gasteiger partial charge in [0.2, 0.25) is 0 Å². The van der Waals surface area contributed by atoms with Crippen LogP contribution in [-0.2, 0) is 9.59 Å². The summed E-state index contributed by atoms with van der Waals surface area (Å²) >= 11 is 0. The maximum absolute atomic E-state index is 10.4. The number of nitrogens with one attached hydrogen (secondary N) is 2. The van der Waals surface area contributed by atoms with Crippen molar-refractivity contribution >= 4 is 11.9 Å². The van der Waals surface area contributed by atoms with E-state index in [9.17, 15) is 9.59 Å². The summed E-state index contributed by atoms with van der Waals surface area (Å²) in [5.41, 5.74) is -0.0208. The van der Waals surface area contributed by atoms with Crippen LogP contribution in [0.1, 0.15) is 0 Å². The van der Waals surface area contributed by atoms with E-state index in [0.29, 0.717) is 0 Å². The van der Waals surface area contributed by atoms with Crippen LogP contribution in [0.5, 0.6) is 0 Å². The molecule has 0 radical (unpaired) electrons. The van der Waals surface area contributed by atoms with Gasteiger partial charge in [0.15, 0.2) is 0 Å². The van der Waals surface area contributed by atoms with Crippen LogP contribution in [0.15, 0.2) is 11.9 Å². The first kappa shape index (κ1) is 8.38. The smallest absolute Gasteiger partial charge is 0.353 e. The van der Waals surface area contributed by atoms with E-state index in [0.717, 1.165) is 6.20 Å². The average molecular weight is 172 g/mol. The van der Waals surface area contributed by atoms with Gasteiger partial charge in [-0.3, -0.25) is 0 Å². The topological polar surface area (TPSA) is 98.7 Å². The van der Waals surface area contributed by atoms with Gasteiger partial charge in [-0.05, 0) is 0 Å². The van der Waals surface area contributed by atoms with Crippen molar-refractivity contribution in [1.29, 1.82) is 0 Å². The van der Waals surface area contributed by atoms with Crippen molar-refractivity contribution in [3.63, 3.8) is 0 Å². The van der Waals surface area contributed by atoms with Gasteiger partial charge < -0.3 is 20.8 Å². The van der Waals surface area contributed by atoms with Crippen molar-refractivity contribution in [3.8, 4) is 0 Å². The van der Waals surface area contributed by atoms with E-state index in [1.807, 2.05) is 0 Å². The van der Waals surface area contributed by atoms with E-state index in [2.05, 4.69) is 10.6 Å². The minimum atomic E-state index is -1.11. The van der Waals surface area contributed by atoms with Gasteiger partial charge in [-0.2, -0.15) is 0 Å².